The van der Waals surface area contributed by atoms with Crippen LogP contribution in [0.3, 0.4) is 0 Å². The van der Waals surface area contributed by atoms with Crippen LogP contribution in [0.2, 0.25) is 5.02 Å². The third-order valence-corrected chi connectivity index (χ3v) is 3.72. The van der Waals surface area contributed by atoms with Crippen molar-refractivity contribution < 1.29 is 4.74 Å². The molecule has 0 aliphatic carbocycles. The van der Waals surface area contributed by atoms with E-state index in [0.29, 0.717) is 11.6 Å². The van der Waals surface area contributed by atoms with E-state index in [1.54, 1.807) is 12.4 Å². The minimum Gasteiger partial charge on any atom is -0.484 e. The number of ether oxygens (including phenoxy) is 1. The molecule has 2 N–H and O–H groups in total. The van der Waals surface area contributed by atoms with E-state index in [-0.39, 0.29) is 6.10 Å². The summed E-state index contributed by atoms with van der Waals surface area (Å²) in [6, 6.07) is 15.5. The SMILES string of the molecule is NCC(Oc1ccc(Cl)c2ccccc12)c1ccncc1. The highest BCUT2D eigenvalue weighted by molar-refractivity contribution is 6.35. The molecule has 0 bridgehead atoms. The predicted octanol–water partition coefficient (Wildman–Crippen LogP) is 3.97. The van der Waals surface area contributed by atoms with E-state index in [2.05, 4.69) is 4.98 Å². The Hall–Kier alpha value is -2.10. The third kappa shape index (κ3) is 2.84. The molecule has 0 radical (unpaired) electrons. The smallest absolute Gasteiger partial charge is 0.136 e. The second-order valence-electron chi connectivity index (χ2n) is 4.71. The minimum atomic E-state index is -0.211. The predicted molar refractivity (Wildman–Crippen MR) is 85.6 cm³/mol. The Balaban J connectivity index is 1.99. The Morgan fingerprint density at radius 3 is 2.43 bits per heavy atom. The molecule has 1 aromatic heterocycles. The van der Waals surface area contributed by atoms with E-state index in [9.17, 15) is 0 Å². The maximum Gasteiger partial charge on any atom is 0.136 e. The van der Waals surface area contributed by atoms with Gasteiger partial charge in [-0.25, -0.2) is 0 Å². The highest BCUT2D eigenvalue weighted by Gasteiger charge is 2.13. The van der Waals surface area contributed by atoms with E-state index < -0.39 is 0 Å². The maximum atomic E-state index is 6.23. The minimum absolute atomic E-state index is 0.211. The van der Waals surface area contributed by atoms with Gasteiger partial charge in [0.1, 0.15) is 11.9 Å². The van der Waals surface area contributed by atoms with Crippen LogP contribution in [0.1, 0.15) is 11.7 Å². The van der Waals surface area contributed by atoms with Crippen LogP contribution in [-0.2, 0) is 0 Å². The third-order valence-electron chi connectivity index (χ3n) is 3.39. The molecule has 0 spiro atoms. The number of nitrogens with two attached hydrogens (primary N) is 1. The van der Waals surface area contributed by atoms with Gasteiger partial charge in [0.2, 0.25) is 0 Å². The van der Waals surface area contributed by atoms with Crippen molar-refractivity contribution in [3.05, 3.63) is 71.5 Å². The first-order chi connectivity index (χ1) is 10.3. The van der Waals surface area contributed by atoms with Gasteiger partial charge in [-0.3, -0.25) is 4.98 Å². The van der Waals surface area contributed by atoms with Gasteiger partial charge in [0.15, 0.2) is 0 Å². The van der Waals surface area contributed by atoms with Crippen LogP contribution in [0, 0.1) is 0 Å². The molecule has 1 heterocycles. The lowest BCUT2D eigenvalue weighted by Gasteiger charge is -2.19. The Bertz CT molecular complexity index is 746. The molecule has 0 amide bonds. The number of fused-ring (bicyclic) bond motifs is 1. The molecule has 1 unspecified atom stereocenters. The fourth-order valence-corrected chi connectivity index (χ4v) is 2.55. The zero-order valence-corrected chi connectivity index (χ0v) is 12.1. The molecule has 3 aromatic rings. The van der Waals surface area contributed by atoms with Crippen molar-refractivity contribution in [2.24, 2.45) is 5.73 Å². The monoisotopic (exact) mass is 298 g/mol. The summed E-state index contributed by atoms with van der Waals surface area (Å²) in [5.74, 6) is 0.780. The van der Waals surface area contributed by atoms with Crippen LogP contribution < -0.4 is 10.5 Å². The first kappa shape index (κ1) is 13.9. The average molecular weight is 299 g/mol. The molecule has 106 valence electrons. The van der Waals surface area contributed by atoms with Gasteiger partial charge in [-0.1, -0.05) is 35.9 Å². The summed E-state index contributed by atoms with van der Waals surface area (Å²) >= 11 is 6.23. The normalized spacial score (nSPS) is 12.3. The highest BCUT2D eigenvalue weighted by atomic mass is 35.5. The van der Waals surface area contributed by atoms with Crippen LogP contribution in [0.25, 0.3) is 10.8 Å². The molecular formula is C17H15ClN2O. The topological polar surface area (TPSA) is 48.1 Å². The van der Waals surface area contributed by atoms with Crippen LogP contribution in [0.4, 0.5) is 0 Å². The van der Waals surface area contributed by atoms with E-state index >= 15 is 0 Å². The van der Waals surface area contributed by atoms with Crippen molar-refractivity contribution in [1.82, 2.24) is 4.98 Å². The zero-order chi connectivity index (χ0) is 14.7. The van der Waals surface area contributed by atoms with Gasteiger partial charge in [0, 0.05) is 34.7 Å². The number of halogens is 1. The first-order valence-electron chi connectivity index (χ1n) is 6.73. The number of nitrogens with zero attached hydrogens (tertiary/aromatic N) is 1. The Kier molecular flexibility index (Phi) is 4.04. The molecule has 0 aliphatic rings. The maximum absolute atomic E-state index is 6.23. The molecular weight excluding hydrogens is 284 g/mol. The number of hydrogen-bond donors (Lipinski definition) is 1. The molecule has 1 atom stereocenters. The molecule has 3 rings (SSSR count). The standard InChI is InChI=1S/C17H15ClN2O/c18-15-5-6-16(14-4-2-1-3-13(14)15)21-17(11-19)12-7-9-20-10-8-12/h1-10,17H,11,19H2. The second kappa shape index (κ2) is 6.12. The van der Waals surface area contributed by atoms with Gasteiger partial charge in [-0.2, -0.15) is 0 Å². The van der Waals surface area contributed by atoms with Crippen molar-refractivity contribution in [3.63, 3.8) is 0 Å². The largest absolute Gasteiger partial charge is 0.484 e. The number of aromatic nitrogens is 1. The number of hydrogen-bond acceptors (Lipinski definition) is 3. The van der Waals surface area contributed by atoms with E-state index in [4.69, 9.17) is 22.1 Å². The van der Waals surface area contributed by atoms with Crippen LogP contribution in [-0.4, -0.2) is 11.5 Å². The van der Waals surface area contributed by atoms with Gasteiger partial charge >= 0.3 is 0 Å². The van der Waals surface area contributed by atoms with Gasteiger partial charge < -0.3 is 10.5 Å². The summed E-state index contributed by atoms with van der Waals surface area (Å²) < 4.78 is 6.11. The molecule has 21 heavy (non-hydrogen) atoms. The van der Waals surface area contributed by atoms with E-state index in [1.807, 2.05) is 48.5 Å². The summed E-state index contributed by atoms with van der Waals surface area (Å²) in [4.78, 5) is 4.02. The molecule has 4 heteroatoms. The quantitative estimate of drug-likeness (QED) is 0.793. The van der Waals surface area contributed by atoms with Crippen molar-refractivity contribution in [2.75, 3.05) is 6.54 Å². The van der Waals surface area contributed by atoms with E-state index in [0.717, 1.165) is 22.1 Å². The summed E-state index contributed by atoms with van der Waals surface area (Å²) in [5.41, 5.74) is 6.86. The average Bonchev–Trinajstić information content (AvgIpc) is 2.55. The fraction of sp³-hybridized carbons (Fsp3) is 0.118. The number of pyridine rings is 1. The summed E-state index contributed by atoms with van der Waals surface area (Å²) in [5, 5.41) is 2.67. The summed E-state index contributed by atoms with van der Waals surface area (Å²) in [6.45, 7) is 0.390. The van der Waals surface area contributed by atoms with Gasteiger partial charge in [0.05, 0.1) is 0 Å². The molecule has 2 aromatic carbocycles. The highest BCUT2D eigenvalue weighted by Crippen LogP contribution is 2.33. The molecule has 0 aliphatic heterocycles. The lowest BCUT2D eigenvalue weighted by molar-refractivity contribution is 0.217. The number of benzene rings is 2. The van der Waals surface area contributed by atoms with Crippen molar-refractivity contribution in [2.45, 2.75) is 6.10 Å². The molecule has 0 saturated heterocycles. The Morgan fingerprint density at radius 2 is 1.71 bits per heavy atom. The van der Waals surface area contributed by atoms with Crippen molar-refractivity contribution >= 4 is 22.4 Å². The second-order valence-corrected chi connectivity index (χ2v) is 5.12. The summed E-state index contributed by atoms with van der Waals surface area (Å²) in [6.07, 6.45) is 3.26. The molecule has 0 fully saturated rings. The lowest BCUT2D eigenvalue weighted by atomic mass is 10.1. The van der Waals surface area contributed by atoms with Crippen LogP contribution >= 0.6 is 11.6 Å². The first-order valence-corrected chi connectivity index (χ1v) is 7.11. The Morgan fingerprint density at radius 1 is 1.00 bits per heavy atom. The van der Waals surface area contributed by atoms with Crippen LogP contribution in [0.15, 0.2) is 60.9 Å². The zero-order valence-electron chi connectivity index (χ0n) is 11.4. The summed E-state index contributed by atoms with van der Waals surface area (Å²) in [7, 11) is 0. The van der Waals surface area contributed by atoms with Gasteiger partial charge in [-0.05, 0) is 29.8 Å². The molecule has 0 saturated carbocycles. The van der Waals surface area contributed by atoms with Gasteiger partial charge in [-0.15, -0.1) is 0 Å². The lowest BCUT2D eigenvalue weighted by Crippen LogP contribution is -2.18. The Labute approximate surface area is 128 Å². The fourth-order valence-electron chi connectivity index (χ4n) is 2.32. The van der Waals surface area contributed by atoms with E-state index in [1.165, 1.54) is 0 Å². The van der Waals surface area contributed by atoms with Gasteiger partial charge in [0.25, 0.3) is 0 Å². The van der Waals surface area contributed by atoms with Crippen LogP contribution in [0.5, 0.6) is 5.75 Å². The number of rotatable bonds is 4. The molecule has 3 nitrogen and oxygen atoms in total. The van der Waals surface area contributed by atoms with Crippen molar-refractivity contribution in [1.29, 1.82) is 0 Å². The van der Waals surface area contributed by atoms with Crippen molar-refractivity contribution in [3.8, 4) is 5.75 Å².